The summed E-state index contributed by atoms with van der Waals surface area (Å²) < 4.78 is 1.99. The molecular weight excluding hydrogens is 260 g/mol. The molecule has 1 N–H and O–H groups in total. The molecule has 0 aliphatic heterocycles. The van der Waals surface area contributed by atoms with Gasteiger partial charge in [0.2, 0.25) is 0 Å². The summed E-state index contributed by atoms with van der Waals surface area (Å²) in [5, 5.41) is 3.49. The Balaban J connectivity index is 1.61. The van der Waals surface area contributed by atoms with E-state index in [1.54, 1.807) is 12.5 Å². The van der Waals surface area contributed by atoms with Gasteiger partial charge >= 0.3 is 0 Å². The molecule has 1 atom stereocenters. The molecule has 0 saturated carbocycles. The molecular formula is C17H18N4. The number of nitrogens with zero attached hydrogens (tertiary/aromatic N) is 3. The first-order valence-corrected chi connectivity index (χ1v) is 7.04. The third-order valence-corrected chi connectivity index (χ3v) is 3.48. The third-order valence-electron chi connectivity index (χ3n) is 3.48. The van der Waals surface area contributed by atoms with Crippen molar-refractivity contribution in [2.75, 3.05) is 0 Å². The fraction of sp³-hybridized carbons (Fsp3) is 0.176. The predicted octanol–water partition coefficient (Wildman–Crippen LogP) is 3.12. The van der Waals surface area contributed by atoms with E-state index in [9.17, 15) is 0 Å². The van der Waals surface area contributed by atoms with Crippen molar-refractivity contribution in [3.05, 3.63) is 78.6 Å². The molecule has 2 aromatic heterocycles. The Morgan fingerprint density at radius 1 is 1.10 bits per heavy atom. The van der Waals surface area contributed by atoms with Crippen LogP contribution in [0.1, 0.15) is 24.2 Å². The SMILES string of the molecule is C[C@@H](NCc1ccc(-n2ccnc2)cc1)c1ccccn1. The summed E-state index contributed by atoms with van der Waals surface area (Å²) in [5.41, 5.74) is 3.43. The summed E-state index contributed by atoms with van der Waals surface area (Å²) >= 11 is 0. The Bertz CT molecular complexity index is 660. The lowest BCUT2D eigenvalue weighted by Crippen LogP contribution is -2.18. The largest absolute Gasteiger partial charge is 0.306 e. The Morgan fingerprint density at radius 2 is 1.95 bits per heavy atom. The maximum absolute atomic E-state index is 4.37. The van der Waals surface area contributed by atoms with Gasteiger partial charge in [-0.25, -0.2) is 4.98 Å². The zero-order valence-electron chi connectivity index (χ0n) is 12.0. The van der Waals surface area contributed by atoms with E-state index in [0.717, 1.165) is 17.9 Å². The normalized spacial score (nSPS) is 12.2. The highest BCUT2D eigenvalue weighted by Crippen LogP contribution is 2.12. The van der Waals surface area contributed by atoms with Crippen molar-refractivity contribution in [3.8, 4) is 5.69 Å². The average molecular weight is 278 g/mol. The molecule has 1 aromatic carbocycles. The Kier molecular flexibility index (Phi) is 4.07. The molecule has 0 amide bonds. The third kappa shape index (κ3) is 3.35. The minimum atomic E-state index is 0.236. The molecule has 4 nitrogen and oxygen atoms in total. The fourth-order valence-corrected chi connectivity index (χ4v) is 2.21. The Hall–Kier alpha value is -2.46. The standard InChI is InChI=1S/C17H18N4/c1-14(17-4-2-3-9-19-17)20-12-15-5-7-16(8-6-15)21-11-10-18-13-21/h2-11,13-14,20H,12H2,1H3/t14-/m1/s1. The van der Waals surface area contributed by atoms with E-state index in [0.29, 0.717) is 0 Å². The molecule has 21 heavy (non-hydrogen) atoms. The first kappa shape index (κ1) is 13.5. The van der Waals surface area contributed by atoms with E-state index in [4.69, 9.17) is 0 Å². The van der Waals surface area contributed by atoms with Crippen LogP contribution in [0.15, 0.2) is 67.4 Å². The first-order chi connectivity index (χ1) is 10.3. The molecule has 0 radical (unpaired) electrons. The summed E-state index contributed by atoms with van der Waals surface area (Å²) in [6.07, 6.45) is 7.35. The highest BCUT2D eigenvalue weighted by Gasteiger charge is 2.05. The number of hydrogen-bond acceptors (Lipinski definition) is 3. The minimum absolute atomic E-state index is 0.236. The minimum Gasteiger partial charge on any atom is -0.306 e. The Labute approximate surface area is 124 Å². The second kappa shape index (κ2) is 6.33. The van der Waals surface area contributed by atoms with E-state index in [1.165, 1.54) is 5.56 Å². The smallest absolute Gasteiger partial charge is 0.0991 e. The quantitative estimate of drug-likeness (QED) is 0.779. The summed E-state index contributed by atoms with van der Waals surface area (Å²) in [7, 11) is 0. The van der Waals surface area contributed by atoms with Gasteiger partial charge in [-0.1, -0.05) is 18.2 Å². The molecule has 0 unspecified atom stereocenters. The summed E-state index contributed by atoms with van der Waals surface area (Å²) in [6.45, 7) is 2.95. The second-order valence-electron chi connectivity index (χ2n) is 4.99. The van der Waals surface area contributed by atoms with Crippen molar-refractivity contribution < 1.29 is 0 Å². The molecule has 106 valence electrons. The molecule has 0 saturated heterocycles. The lowest BCUT2D eigenvalue weighted by atomic mass is 10.1. The average Bonchev–Trinajstić information content (AvgIpc) is 3.08. The maximum atomic E-state index is 4.37. The molecule has 3 rings (SSSR count). The van der Waals surface area contributed by atoms with E-state index in [-0.39, 0.29) is 6.04 Å². The topological polar surface area (TPSA) is 42.7 Å². The summed E-state index contributed by atoms with van der Waals surface area (Å²) in [5.74, 6) is 0. The number of aromatic nitrogens is 3. The first-order valence-electron chi connectivity index (χ1n) is 7.04. The van der Waals surface area contributed by atoms with Crippen LogP contribution in [0.5, 0.6) is 0 Å². The van der Waals surface area contributed by atoms with Gasteiger partial charge in [0.15, 0.2) is 0 Å². The van der Waals surface area contributed by atoms with Gasteiger partial charge in [-0.3, -0.25) is 4.98 Å². The van der Waals surface area contributed by atoms with Gasteiger partial charge in [-0.05, 0) is 36.8 Å². The number of pyridine rings is 1. The van der Waals surface area contributed by atoms with E-state index in [2.05, 4.69) is 46.5 Å². The van der Waals surface area contributed by atoms with Crippen molar-refractivity contribution in [2.24, 2.45) is 0 Å². The maximum Gasteiger partial charge on any atom is 0.0991 e. The fourth-order valence-electron chi connectivity index (χ4n) is 2.21. The van der Waals surface area contributed by atoms with Crippen LogP contribution in [0, 0.1) is 0 Å². The van der Waals surface area contributed by atoms with Crippen LogP contribution < -0.4 is 5.32 Å². The van der Waals surface area contributed by atoms with Crippen LogP contribution in [-0.4, -0.2) is 14.5 Å². The molecule has 2 heterocycles. The predicted molar refractivity (Wildman–Crippen MR) is 83.1 cm³/mol. The van der Waals surface area contributed by atoms with Gasteiger partial charge in [0.1, 0.15) is 0 Å². The summed E-state index contributed by atoms with van der Waals surface area (Å²) in [4.78, 5) is 8.42. The van der Waals surface area contributed by atoms with Gasteiger partial charge in [0.05, 0.1) is 12.0 Å². The van der Waals surface area contributed by atoms with Gasteiger partial charge in [-0.15, -0.1) is 0 Å². The van der Waals surface area contributed by atoms with Gasteiger partial charge in [0, 0.05) is 36.9 Å². The number of rotatable bonds is 5. The second-order valence-corrected chi connectivity index (χ2v) is 4.99. The monoisotopic (exact) mass is 278 g/mol. The van der Waals surface area contributed by atoms with Crippen LogP contribution in [0.3, 0.4) is 0 Å². The molecule has 0 aliphatic rings. The van der Waals surface area contributed by atoms with Crippen LogP contribution in [0.2, 0.25) is 0 Å². The Morgan fingerprint density at radius 3 is 2.62 bits per heavy atom. The van der Waals surface area contributed by atoms with Crippen molar-refractivity contribution >= 4 is 0 Å². The molecule has 0 bridgehead atoms. The van der Waals surface area contributed by atoms with Crippen molar-refractivity contribution in [2.45, 2.75) is 19.5 Å². The molecule has 3 aromatic rings. The highest BCUT2D eigenvalue weighted by atomic mass is 15.0. The highest BCUT2D eigenvalue weighted by molar-refractivity contribution is 5.34. The van der Waals surface area contributed by atoms with Crippen molar-refractivity contribution in [1.29, 1.82) is 0 Å². The van der Waals surface area contributed by atoms with Crippen LogP contribution >= 0.6 is 0 Å². The van der Waals surface area contributed by atoms with E-state index < -0.39 is 0 Å². The number of nitrogens with one attached hydrogen (secondary N) is 1. The van der Waals surface area contributed by atoms with Gasteiger partial charge < -0.3 is 9.88 Å². The lowest BCUT2D eigenvalue weighted by molar-refractivity contribution is 0.561. The molecule has 4 heteroatoms. The number of imidazole rings is 1. The van der Waals surface area contributed by atoms with Crippen molar-refractivity contribution in [1.82, 2.24) is 19.9 Å². The molecule has 0 spiro atoms. The number of hydrogen-bond donors (Lipinski definition) is 1. The van der Waals surface area contributed by atoms with Crippen molar-refractivity contribution in [3.63, 3.8) is 0 Å². The lowest BCUT2D eigenvalue weighted by Gasteiger charge is -2.13. The van der Waals surface area contributed by atoms with Crippen LogP contribution in [-0.2, 0) is 6.54 Å². The summed E-state index contributed by atoms with van der Waals surface area (Å²) in [6, 6.07) is 14.7. The molecule has 0 fully saturated rings. The van der Waals surface area contributed by atoms with Gasteiger partial charge in [0.25, 0.3) is 0 Å². The van der Waals surface area contributed by atoms with Crippen LogP contribution in [0.4, 0.5) is 0 Å². The molecule has 0 aliphatic carbocycles. The number of benzene rings is 1. The zero-order chi connectivity index (χ0) is 14.5. The van der Waals surface area contributed by atoms with E-state index in [1.807, 2.05) is 35.2 Å². The zero-order valence-corrected chi connectivity index (χ0v) is 12.0. The van der Waals surface area contributed by atoms with E-state index >= 15 is 0 Å². The van der Waals surface area contributed by atoms with Gasteiger partial charge in [-0.2, -0.15) is 0 Å². The van der Waals surface area contributed by atoms with Crippen LogP contribution in [0.25, 0.3) is 5.69 Å².